The van der Waals surface area contributed by atoms with Crippen molar-refractivity contribution in [3.8, 4) is 11.5 Å². The van der Waals surface area contributed by atoms with Gasteiger partial charge in [-0.05, 0) is 48.0 Å². The Bertz CT molecular complexity index is 925. The van der Waals surface area contributed by atoms with Crippen LogP contribution in [0.4, 0.5) is 11.4 Å². The molecular weight excluding hydrogens is 385 g/mol. The van der Waals surface area contributed by atoms with Crippen molar-refractivity contribution in [2.45, 2.75) is 6.42 Å². The molecular formula is C21H17Cl2NO3. The van der Waals surface area contributed by atoms with E-state index in [1.165, 1.54) is 7.11 Å². The Hall–Kier alpha value is -2.69. The third-order valence-electron chi connectivity index (χ3n) is 3.84. The number of esters is 1. The van der Waals surface area contributed by atoms with Gasteiger partial charge >= 0.3 is 5.97 Å². The summed E-state index contributed by atoms with van der Waals surface area (Å²) in [7, 11) is 1.35. The van der Waals surface area contributed by atoms with Crippen LogP contribution in [-0.2, 0) is 16.0 Å². The van der Waals surface area contributed by atoms with Crippen LogP contribution in [0.5, 0.6) is 11.5 Å². The monoisotopic (exact) mass is 401 g/mol. The van der Waals surface area contributed by atoms with Crippen LogP contribution in [0.15, 0.2) is 66.7 Å². The molecule has 3 rings (SSSR count). The number of benzene rings is 3. The van der Waals surface area contributed by atoms with Crippen LogP contribution in [-0.4, -0.2) is 13.1 Å². The van der Waals surface area contributed by atoms with E-state index in [-0.39, 0.29) is 12.4 Å². The molecule has 0 atom stereocenters. The number of hydrogen-bond donors (Lipinski definition) is 1. The van der Waals surface area contributed by atoms with Gasteiger partial charge in [-0.25, -0.2) is 0 Å². The number of nitrogens with one attached hydrogen (secondary N) is 1. The Labute approximate surface area is 167 Å². The molecule has 0 bridgehead atoms. The van der Waals surface area contributed by atoms with Crippen molar-refractivity contribution in [3.05, 3.63) is 82.3 Å². The molecule has 6 heteroatoms. The highest BCUT2D eigenvalue weighted by Gasteiger charge is 2.13. The number of hydrogen-bond acceptors (Lipinski definition) is 4. The first-order valence-electron chi connectivity index (χ1n) is 8.20. The summed E-state index contributed by atoms with van der Waals surface area (Å²) in [5.41, 5.74) is 1.96. The lowest BCUT2D eigenvalue weighted by molar-refractivity contribution is -0.139. The van der Waals surface area contributed by atoms with E-state index >= 15 is 0 Å². The summed E-state index contributed by atoms with van der Waals surface area (Å²) in [6.07, 6.45) is 0.0763. The van der Waals surface area contributed by atoms with Crippen LogP contribution < -0.4 is 10.1 Å². The molecule has 0 saturated carbocycles. The smallest absolute Gasteiger partial charge is 0.310 e. The second-order valence-electron chi connectivity index (χ2n) is 5.71. The normalized spacial score (nSPS) is 10.3. The molecule has 0 amide bonds. The lowest BCUT2D eigenvalue weighted by Crippen LogP contribution is -2.07. The highest BCUT2D eigenvalue weighted by atomic mass is 35.5. The largest absolute Gasteiger partial charge is 0.469 e. The summed E-state index contributed by atoms with van der Waals surface area (Å²) < 4.78 is 10.7. The summed E-state index contributed by atoms with van der Waals surface area (Å²) in [5, 5.41) is 4.17. The maximum Gasteiger partial charge on any atom is 0.310 e. The molecule has 0 aliphatic rings. The fourth-order valence-corrected chi connectivity index (χ4v) is 3.00. The SMILES string of the molecule is COC(=O)Cc1cc(Oc2ccccc2)ccc1Nc1c(Cl)cccc1Cl. The van der Waals surface area contributed by atoms with Gasteiger partial charge in [0.1, 0.15) is 11.5 Å². The molecule has 0 radical (unpaired) electrons. The third kappa shape index (κ3) is 4.94. The maximum atomic E-state index is 11.8. The topological polar surface area (TPSA) is 47.6 Å². The first-order valence-corrected chi connectivity index (χ1v) is 8.96. The lowest BCUT2D eigenvalue weighted by Gasteiger charge is -2.15. The zero-order valence-electron chi connectivity index (χ0n) is 14.5. The number of carbonyl (C=O) groups is 1. The van der Waals surface area contributed by atoms with E-state index in [1.54, 1.807) is 30.3 Å². The van der Waals surface area contributed by atoms with Crippen LogP contribution in [0.25, 0.3) is 0 Å². The van der Waals surface area contributed by atoms with Crippen molar-refractivity contribution in [2.24, 2.45) is 0 Å². The Balaban J connectivity index is 1.93. The fourth-order valence-electron chi connectivity index (χ4n) is 2.51. The third-order valence-corrected chi connectivity index (χ3v) is 4.47. The molecule has 27 heavy (non-hydrogen) atoms. The molecule has 0 unspecified atom stereocenters. The van der Waals surface area contributed by atoms with Gasteiger partial charge in [-0.2, -0.15) is 0 Å². The van der Waals surface area contributed by atoms with Crippen LogP contribution in [0.3, 0.4) is 0 Å². The average molecular weight is 402 g/mol. The van der Waals surface area contributed by atoms with Gasteiger partial charge in [-0.15, -0.1) is 0 Å². The molecule has 3 aromatic carbocycles. The van der Waals surface area contributed by atoms with E-state index in [2.05, 4.69) is 5.32 Å². The quantitative estimate of drug-likeness (QED) is 0.496. The molecule has 0 aliphatic heterocycles. The zero-order valence-corrected chi connectivity index (χ0v) is 16.1. The number of rotatable bonds is 6. The minimum Gasteiger partial charge on any atom is -0.469 e. The van der Waals surface area contributed by atoms with E-state index in [0.717, 1.165) is 0 Å². The van der Waals surface area contributed by atoms with Gasteiger partial charge in [0.05, 0.1) is 29.3 Å². The molecule has 0 spiro atoms. The molecule has 0 aromatic heterocycles. The number of carbonyl (C=O) groups excluding carboxylic acids is 1. The van der Waals surface area contributed by atoms with Gasteiger partial charge in [0, 0.05) is 5.69 Å². The fraction of sp³-hybridized carbons (Fsp3) is 0.0952. The lowest BCUT2D eigenvalue weighted by atomic mass is 10.1. The Morgan fingerprint density at radius 1 is 0.926 bits per heavy atom. The van der Waals surface area contributed by atoms with E-state index in [9.17, 15) is 4.79 Å². The molecule has 0 heterocycles. The Morgan fingerprint density at radius 3 is 2.30 bits per heavy atom. The van der Waals surface area contributed by atoms with Crippen LogP contribution >= 0.6 is 23.2 Å². The van der Waals surface area contributed by atoms with Gasteiger partial charge in [0.2, 0.25) is 0 Å². The molecule has 4 nitrogen and oxygen atoms in total. The highest BCUT2D eigenvalue weighted by Crippen LogP contribution is 2.35. The maximum absolute atomic E-state index is 11.8. The Kier molecular flexibility index (Phi) is 6.22. The molecule has 1 N–H and O–H groups in total. The number of anilines is 2. The van der Waals surface area contributed by atoms with E-state index in [4.69, 9.17) is 32.7 Å². The van der Waals surface area contributed by atoms with Gasteiger partial charge in [0.15, 0.2) is 0 Å². The van der Waals surface area contributed by atoms with Crippen molar-refractivity contribution >= 4 is 40.5 Å². The summed E-state index contributed by atoms with van der Waals surface area (Å²) in [6, 6.07) is 20.1. The second-order valence-corrected chi connectivity index (χ2v) is 6.52. The van der Waals surface area contributed by atoms with Gasteiger partial charge in [-0.3, -0.25) is 4.79 Å². The predicted octanol–water partition coefficient (Wildman–Crippen LogP) is 6.24. The van der Waals surface area contributed by atoms with Crippen LogP contribution in [0.1, 0.15) is 5.56 Å². The van der Waals surface area contributed by atoms with Gasteiger partial charge in [0.25, 0.3) is 0 Å². The second kappa shape index (κ2) is 8.80. The molecule has 0 saturated heterocycles. The zero-order chi connectivity index (χ0) is 19.2. The minimum atomic E-state index is -0.361. The van der Waals surface area contributed by atoms with E-state index in [0.29, 0.717) is 38.5 Å². The number of para-hydroxylation sites is 2. The van der Waals surface area contributed by atoms with Crippen molar-refractivity contribution in [2.75, 3.05) is 12.4 Å². The first kappa shape index (κ1) is 19.1. The van der Waals surface area contributed by atoms with Crippen molar-refractivity contribution < 1.29 is 14.3 Å². The van der Waals surface area contributed by atoms with Crippen molar-refractivity contribution in [3.63, 3.8) is 0 Å². The van der Waals surface area contributed by atoms with Crippen LogP contribution in [0.2, 0.25) is 10.0 Å². The molecule has 138 valence electrons. The number of halogens is 2. The standard InChI is InChI=1S/C21H17Cl2NO3/c1-26-20(25)13-14-12-16(27-15-6-3-2-4-7-15)10-11-19(14)24-21-17(22)8-5-9-18(21)23/h2-12,24H,13H2,1H3. The molecule has 0 aliphatic carbocycles. The number of methoxy groups -OCH3 is 1. The van der Waals surface area contributed by atoms with Gasteiger partial charge < -0.3 is 14.8 Å². The highest BCUT2D eigenvalue weighted by molar-refractivity contribution is 6.39. The van der Waals surface area contributed by atoms with Crippen LogP contribution in [0, 0.1) is 0 Å². The predicted molar refractivity (Wildman–Crippen MR) is 108 cm³/mol. The first-order chi connectivity index (χ1) is 13.1. The van der Waals surface area contributed by atoms with E-state index in [1.807, 2.05) is 36.4 Å². The van der Waals surface area contributed by atoms with Gasteiger partial charge in [-0.1, -0.05) is 47.5 Å². The Morgan fingerprint density at radius 2 is 1.63 bits per heavy atom. The molecule has 3 aromatic rings. The summed E-state index contributed by atoms with van der Waals surface area (Å²) in [4.78, 5) is 11.8. The summed E-state index contributed by atoms with van der Waals surface area (Å²) >= 11 is 12.5. The summed E-state index contributed by atoms with van der Waals surface area (Å²) in [5.74, 6) is 0.951. The summed E-state index contributed by atoms with van der Waals surface area (Å²) in [6.45, 7) is 0. The van der Waals surface area contributed by atoms with Crippen molar-refractivity contribution in [1.82, 2.24) is 0 Å². The average Bonchev–Trinajstić information content (AvgIpc) is 2.67. The molecule has 0 fully saturated rings. The number of ether oxygens (including phenoxy) is 2. The minimum absolute atomic E-state index is 0.0763. The van der Waals surface area contributed by atoms with Crippen molar-refractivity contribution in [1.29, 1.82) is 0 Å². The van der Waals surface area contributed by atoms with E-state index < -0.39 is 0 Å².